The van der Waals surface area contributed by atoms with Gasteiger partial charge in [-0.1, -0.05) is 0 Å². The van der Waals surface area contributed by atoms with Gasteiger partial charge in [0.1, 0.15) is 0 Å². The largest absolute Gasteiger partial charge is 0.480 e. The number of carbonyl (C=O) groups excluding carboxylic acids is 1. The maximum Gasteiger partial charge on any atom is 0.328 e. The lowest BCUT2D eigenvalue weighted by Crippen LogP contribution is -2.49. The summed E-state index contributed by atoms with van der Waals surface area (Å²) in [5, 5.41) is 22.3. The molecule has 0 radical (unpaired) electrons. The van der Waals surface area contributed by atoms with Crippen molar-refractivity contribution in [1.82, 2.24) is 10.6 Å². The van der Waals surface area contributed by atoms with Gasteiger partial charge in [0.2, 0.25) is 0 Å². The predicted molar refractivity (Wildman–Crippen MR) is 59.4 cm³/mol. The lowest BCUT2D eigenvalue weighted by Gasteiger charge is -2.17. The smallest absolute Gasteiger partial charge is 0.328 e. The first-order chi connectivity index (χ1) is 8.07. The fourth-order valence-corrected chi connectivity index (χ4v) is 2.24. The molecule has 0 aromatic heterocycles. The molecule has 2 saturated carbocycles. The van der Waals surface area contributed by atoms with Crippen LogP contribution in [0.15, 0.2) is 0 Å². The van der Waals surface area contributed by atoms with E-state index < -0.39 is 24.6 Å². The summed E-state index contributed by atoms with van der Waals surface area (Å²) in [5.74, 6) is -0.484. The Balaban J connectivity index is 1.72. The molecule has 6 heteroatoms. The molecule has 0 aromatic carbocycles. The van der Waals surface area contributed by atoms with Crippen molar-refractivity contribution >= 4 is 12.0 Å². The highest BCUT2D eigenvalue weighted by atomic mass is 16.4. The van der Waals surface area contributed by atoms with E-state index in [9.17, 15) is 9.59 Å². The molecule has 0 aromatic rings. The normalized spacial score (nSPS) is 22.6. The van der Waals surface area contributed by atoms with E-state index in [2.05, 4.69) is 10.6 Å². The first-order valence-corrected chi connectivity index (χ1v) is 5.95. The molecule has 0 aliphatic heterocycles. The number of amides is 2. The maximum absolute atomic E-state index is 11.4. The van der Waals surface area contributed by atoms with Gasteiger partial charge in [0.15, 0.2) is 6.04 Å². The first-order valence-electron chi connectivity index (χ1n) is 5.95. The average molecular weight is 242 g/mol. The van der Waals surface area contributed by atoms with Gasteiger partial charge in [-0.25, -0.2) is 9.59 Å². The summed E-state index contributed by atoms with van der Waals surface area (Å²) in [6.45, 7) is 0.0117. The third kappa shape index (κ3) is 2.88. The zero-order valence-corrected chi connectivity index (χ0v) is 9.61. The summed E-state index contributed by atoms with van der Waals surface area (Å²) in [6, 6.07) is -1.75. The minimum Gasteiger partial charge on any atom is -0.480 e. The third-order valence-electron chi connectivity index (χ3n) is 3.72. The molecule has 2 aliphatic carbocycles. The number of aliphatic carboxylic acids is 1. The molecule has 1 atom stereocenters. The lowest BCUT2D eigenvalue weighted by molar-refractivity contribution is -0.140. The number of carboxylic acids is 1. The summed E-state index contributed by atoms with van der Waals surface area (Å²) in [4.78, 5) is 22.0. The van der Waals surface area contributed by atoms with Gasteiger partial charge >= 0.3 is 12.0 Å². The van der Waals surface area contributed by atoms with Crippen molar-refractivity contribution in [2.24, 2.45) is 11.3 Å². The Morgan fingerprint density at radius 3 is 2.41 bits per heavy atom. The molecule has 2 aliphatic rings. The Bertz CT molecular complexity index is 323. The van der Waals surface area contributed by atoms with E-state index in [1.165, 1.54) is 12.8 Å². The van der Waals surface area contributed by atoms with Crippen LogP contribution >= 0.6 is 0 Å². The Labute approximate surface area is 99.4 Å². The van der Waals surface area contributed by atoms with Crippen LogP contribution in [0.3, 0.4) is 0 Å². The number of hydrogen-bond acceptors (Lipinski definition) is 3. The van der Waals surface area contributed by atoms with Crippen LogP contribution in [0, 0.1) is 11.3 Å². The second kappa shape index (κ2) is 4.52. The molecule has 2 rings (SSSR count). The van der Waals surface area contributed by atoms with Gasteiger partial charge in [-0.3, -0.25) is 0 Å². The number of aliphatic hydroxyl groups is 1. The highest BCUT2D eigenvalue weighted by Gasteiger charge is 2.53. The lowest BCUT2D eigenvalue weighted by atomic mass is 10.0. The molecule has 2 fully saturated rings. The van der Waals surface area contributed by atoms with Crippen molar-refractivity contribution in [3.05, 3.63) is 0 Å². The zero-order valence-electron chi connectivity index (χ0n) is 9.61. The summed E-state index contributed by atoms with van der Waals surface area (Å²) in [6.07, 6.45) is 4.80. The average Bonchev–Trinajstić information content (AvgIpc) is 3.15. The van der Waals surface area contributed by atoms with Gasteiger partial charge in [0, 0.05) is 6.54 Å². The summed E-state index contributed by atoms with van der Waals surface area (Å²) in [5.41, 5.74) is 0.287. The monoisotopic (exact) mass is 242 g/mol. The van der Waals surface area contributed by atoms with Crippen LogP contribution in [0.25, 0.3) is 0 Å². The Hall–Kier alpha value is -1.30. The number of urea groups is 1. The minimum atomic E-state index is -1.23. The van der Waals surface area contributed by atoms with Gasteiger partial charge in [-0.15, -0.1) is 0 Å². The van der Waals surface area contributed by atoms with Gasteiger partial charge in [0.05, 0.1) is 6.61 Å². The van der Waals surface area contributed by atoms with E-state index in [1.807, 2.05) is 0 Å². The van der Waals surface area contributed by atoms with Crippen LogP contribution < -0.4 is 10.6 Å². The molecule has 17 heavy (non-hydrogen) atoms. The summed E-state index contributed by atoms with van der Waals surface area (Å²) in [7, 11) is 0. The molecule has 0 saturated heterocycles. The first kappa shape index (κ1) is 12.2. The minimum absolute atomic E-state index is 0.287. The molecule has 0 heterocycles. The van der Waals surface area contributed by atoms with Gasteiger partial charge < -0.3 is 20.8 Å². The van der Waals surface area contributed by atoms with E-state index in [1.54, 1.807) is 0 Å². The third-order valence-corrected chi connectivity index (χ3v) is 3.72. The number of nitrogens with one attached hydrogen (secondary N) is 2. The van der Waals surface area contributed by atoms with E-state index in [4.69, 9.17) is 10.2 Å². The Morgan fingerprint density at radius 2 is 2.00 bits per heavy atom. The highest BCUT2D eigenvalue weighted by Crippen LogP contribution is 2.60. The quantitative estimate of drug-likeness (QED) is 0.523. The molecule has 0 spiro atoms. The molecule has 4 N–H and O–H groups in total. The predicted octanol–water partition coefficient (Wildman–Crippen LogP) is -0.0787. The second-order valence-electron chi connectivity index (χ2n) is 5.04. The highest BCUT2D eigenvalue weighted by molar-refractivity contribution is 5.82. The van der Waals surface area contributed by atoms with Gasteiger partial charge in [-0.2, -0.15) is 0 Å². The fourth-order valence-electron chi connectivity index (χ4n) is 2.24. The van der Waals surface area contributed by atoms with E-state index in [-0.39, 0.29) is 5.41 Å². The summed E-state index contributed by atoms with van der Waals surface area (Å²) >= 11 is 0. The summed E-state index contributed by atoms with van der Waals surface area (Å²) < 4.78 is 0. The zero-order chi connectivity index (χ0) is 12.5. The van der Waals surface area contributed by atoms with Crippen LogP contribution in [-0.2, 0) is 4.79 Å². The molecular weight excluding hydrogens is 224 g/mol. The molecule has 96 valence electrons. The van der Waals surface area contributed by atoms with Crippen molar-refractivity contribution in [1.29, 1.82) is 0 Å². The number of aliphatic hydroxyl groups excluding tert-OH is 1. The molecule has 2 amide bonds. The molecule has 6 nitrogen and oxygen atoms in total. The standard InChI is InChI=1S/C11H18N2O4/c14-5-8(9(15)16)13-10(17)12-6-11(3-4-11)7-1-2-7/h7-8,14H,1-6H2,(H,15,16)(H2,12,13,17). The van der Waals surface area contributed by atoms with Crippen LogP contribution in [0.1, 0.15) is 25.7 Å². The van der Waals surface area contributed by atoms with Crippen LogP contribution in [0.4, 0.5) is 4.79 Å². The number of carbonyl (C=O) groups is 2. The SMILES string of the molecule is O=C(NCC1(C2CC2)CC1)NC(CO)C(=O)O. The molecule has 0 bridgehead atoms. The van der Waals surface area contributed by atoms with Crippen molar-refractivity contribution < 1.29 is 19.8 Å². The number of hydrogen-bond donors (Lipinski definition) is 4. The van der Waals surface area contributed by atoms with E-state index >= 15 is 0 Å². The van der Waals surface area contributed by atoms with Crippen molar-refractivity contribution in [3.63, 3.8) is 0 Å². The Kier molecular flexibility index (Phi) is 3.24. The number of rotatable bonds is 6. The van der Waals surface area contributed by atoms with Gasteiger partial charge in [0.25, 0.3) is 0 Å². The van der Waals surface area contributed by atoms with Crippen molar-refractivity contribution in [2.75, 3.05) is 13.2 Å². The van der Waals surface area contributed by atoms with Crippen LogP contribution in [-0.4, -0.2) is 41.4 Å². The van der Waals surface area contributed by atoms with Gasteiger partial charge in [-0.05, 0) is 37.0 Å². The van der Waals surface area contributed by atoms with E-state index in [0.29, 0.717) is 6.54 Å². The maximum atomic E-state index is 11.4. The molecule has 1 unspecified atom stereocenters. The second-order valence-corrected chi connectivity index (χ2v) is 5.04. The van der Waals surface area contributed by atoms with Crippen LogP contribution in [0.2, 0.25) is 0 Å². The fraction of sp³-hybridized carbons (Fsp3) is 0.818. The molecular formula is C11H18N2O4. The topological polar surface area (TPSA) is 98.7 Å². The number of carboxylic acid groups (broad SMARTS) is 1. The Morgan fingerprint density at radius 1 is 1.35 bits per heavy atom. The van der Waals surface area contributed by atoms with Crippen molar-refractivity contribution in [3.8, 4) is 0 Å². The van der Waals surface area contributed by atoms with Crippen LogP contribution in [0.5, 0.6) is 0 Å². The van der Waals surface area contributed by atoms with E-state index in [0.717, 1.165) is 18.8 Å². The van der Waals surface area contributed by atoms with Crippen molar-refractivity contribution in [2.45, 2.75) is 31.7 Å².